The summed E-state index contributed by atoms with van der Waals surface area (Å²) in [4.78, 5) is 0. The Hall–Kier alpha value is -0.730. The quantitative estimate of drug-likeness (QED) is 0.840. The average molecular weight is 229 g/mol. The highest BCUT2D eigenvalue weighted by atomic mass is 35.5. The highest BCUT2D eigenvalue weighted by molar-refractivity contribution is 6.30. The van der Waals surface area contributed by atoms with Crippen molar-refractivity contribution in [3.63, 3.8) is 0 Å². The molecule has 0 aromatic heterocycles. The van der Waals surface area contributed by atoms with Crippen molar-refractivity contribution in [2.24, 2.45) is 0 Å². The Kier molecular flexibility index (Phi) is 4.92. The number of rotatable bonds is 5. The molecule has 0 fully saturated rings. The lowest BCUT2D eigenvalue weighted by atomic mass is 10.1. The van der Waals surface area contributed by atoms with Crippen molar-refractivity contribution in [3.05, 3.63) is 28.8 Å². The summed E-state index contributed by atoms with van der Waals surface area (Å²) in [5.74, 6) is 0.863. The molecule has 0 aliphatic heterocycles. The van der Waals surface area contributed by atoms with Crippen molar-refractivity contribution in [3.8, 4) is 5.75 Å². The fraction of sp³-hybridized carbons (Fsp3) is 0.500. The second-order valence-electron chi connectivity index (χ2n) is 3.57. The summed E-state index contributed by atoms with van der Waals surface area (Å²) in [5.41, 5.74) is 1.06. The molecule has 1 rings (SSSR count). The molecule has 0 unspecified atom stereocenters. The lowest BCUT2D eigenvalue weighted by Crippen LogP contribution is -2.03. The van der Waals surface area contributed by atoms with Gasteiger partial charge in [-0.2, -0.15) is 0 Å². The van der Waals surface area contributed by atoms with Gasteiger partial charge in [0.1, 0.15) is 5.75 Å². The van der Waals surface area contributed by atoms with Gasteiger partial charge in [-0.1, -0.05) is 11.6 Å². The van der Waals surface area contributed by atoms with Gasteiger partial charge in [-0.3, -0.25) is 0 Å². The standard InChI is InChI=1S/C12H17ClO2/c1-3-15-12-7-6-11(13)8-10(12)5-4-9(2)14/h6-9,14H,3-5H2,1-2H3/t9-/m1/s1. The molecule has 0 amide bonds. The average Bonchev–Trinajstić information content (AvgIpc) is 2.18. The van der Waals surface area contributed by atoms with Gasteiger partial charge in [0.2, 0.25) is 0 Å². The summed E-state index contributed by atoms with van der Waals surface area (Å²) in [6.07, 6.45) is 1.21. The molecule has 0 aliphatic carbocycles. The molecule has 1 atom stereocenters. The van der Waals surface area contributed by atoms with Gasteiger partial charge in [-0.25, -0.2) is 0 Å². The number of benzene rings is 1. The van der Waals surface area contributed by atoms with Crippen LogP contribution in [0.1, 0.15) is 25.8 Å². The van der Waals surface area contributed by atoms with Gasteiger partial charge >= 0.3 is 0 Å². The van der Waals surface area contributed by atoms with Crippen molar-refractivity contribution in [1.82, 2.24) is 0 Å². The van der Waals surface area contributed by atoms with Crippen molar-refractivity contribution < 1.29 is 9.84 Å². The molecule has 3 heteroatoms. The first-order valence-electron chi connectivity index (χ1n) is 5.22. The van der Waals surface area contributed by atoms with E-state index in [1.807, 2.05) is 25.1 Å². The number of aliphatic hydroxyl groups excluding tert-OH is 1. The van der Waals surface area contributed by atoms with Gasteiger partial charge in [-0.05, 0) is 50.5 Å². The van der Waals surface area contributed by atoms with Crippen LogP contribution in [0.4, 0.5) is 0 Å². The van der Waals surface area contributed by atoms with Crippen LogP contribution >= 0.6 is 11.6 Å². The van der Waals surface area contributed by atoms with Crippen LogP contribution in [0.25, 0.3) is 0 Å². The zero-order chi connectivity index (χ0) is 11.3. The summed E-state index contributed by atoms with van der Waals surface area (Å²) in [5, 5.41) is 9.94. The summed E-state index contributed by atoms with van der Waals surface area (Å²) < 4.78 is 5.48. The van der Waals surface area contributed by atoms with Crippen LogP contribution in [-0.2, 0) is 6.42 Å². The molecular formula is C12H17ClO2. The van der Waals surface area contributed by atoms with Crippen molar-refractivity contribution in [2.75, 3.05) is 6.61 Å². The Morgan fingerprint density at radius 3 is 2.80 bits per heavy atom. The van der Waals surface area contributed by atoms with E-state index in [2.05, 4.69) is 0 Å². The van der Waals surface area contributed by atoms with E-state index in [1.165, 1.54) is 0 Å². The molecule has 84 valence electrons. The number of halogens is 1. The van der Waals surface area contributed by atoms with Gasteiger partial charge in [-0.15, -0.1) is 0 Å². The lowest BCUT2D eigenvalue weighted by molar-refractivity contribution is 0.184. The SMILES string of the molecule is CCOc1ccc(Cl)cc1CC[C@@H](C)O. The van der Waals surface area contributed by atoms with Gasteiger partial charge in [0.05, 0.1) is 12.7 Å². The van der Waals surface area contributed by atoms with E-state index in [-0.39, 0.29) is 6.10 Å². The normalized spacial score (nSPS) is 12.5. The van der Waals surface area contributed by atoms with Crippen LogP contribution in [0.2, 0.25) is 5.02 Å². The van der Waals surface area contributed by atoms with Crippen LogP contribution < -0.4 is 4.74 Å². The molecule has 2 nitrogen and oxygen atoms in total. The third-order valence-corrected chi connectivity index (χ3v) is 2.39. The number of aryl methyl sites for hydroxylation is 1. The van der Waals surface area contributed by atoms with E-state index >= 15 is 0 Å². The van der Waals surface area contributed by atoms with E-state index in [4.69, 9.17) is 16.3 Å². The third kappa shape index (κ3) is 4.10. The van der Waals surface area contributed by atoms with Gasteiger partial charge in [0, 0.05) is 5.02 Å². The second-order valence-corrected chi connectivity index (χ2v) is 4.01. The Morgan fingerprint density at radius 2 is 2.20 bits per heavy atom. The fourth-order valence-electron chi connectivity index (χ4n) is 1.40. The summed E-state index contributed by atoms with van der Waals surface area (Å²) in [6.45, 7) is 4.38. The first kappa shape index (κ1) is 12.3. The zero-order valence-corrected chi connectivity index (χ0v) is 9.92. The molecule has 1 N–H and O–H groups in total. The van der Waals surface area contributed by atoms with E-state index in [9.17, 15) is 5.11 Å². The first-order chi connectivity index (χ1) is 7.13. The molecule has 1 aromatic carbocycles. The maximum absolute atomic E-state index is 9.23. The van der Waals surface area contributed by atoms with E-state index < -0.39 is 0 Å². The Labute approximate surface area is 95.8 Å². The predicted octanol–water partition coefficient (Wildman–Crippen LogP) is 3.05. The van der Waals surface area contributed by atoms with Crippen LogP contribution in [0.15, 0.2) is 18.2 Å². The monoisotopic (exact) mass is 228 g/mol. The molecule has 0 aliphatic rings. The Morgan fingerprint density at radius 1 is 1.47 bits per heavy atom. The molecule has 0 bridgehead atoms. The van der Waals surface area contributed by atoms with Gasteiger partial charge < -0.3 is 9.84 Å². The van der Waals surface area contributed by atoms with Crippen LogP contribution in [0.3, 0.4) is 0 Å². The highest BCUT2D eigenvalue weighted by Gasteiger charge is 2.06. The van der Waals surface area contributed by atoms with E-state index in [0.717, 1.165) is 24.2 Å². The van der Waals surface area contributed by atoms with Gasteiger partial charge in [0.15, 0.2) is 0 Å². The minimum absolute atomic E-state index is 0.293. The maximum Gasteiger partial charge on any atom is 0.122 e. The molecule has 0 saturated carbocycles. The first-order valence-corrected chi connectivity index (χ1v) is 5.60. The van der Waals surface area contributed by atoms with E-state index in [0.29, 0.717) is 11.6 Å². The molecule has 0 radical (unpaired) electrons. The molecule has 0 heterocycles. The molecule has 15 heavy (non-hydrogen) atoms. The minimum Gasteiger partial charge on any atom is -0.494 e. The Bertz CT molecular complexity index is 310. The predicted molar refractivity (Wildman–Crippen MR) is 62.6 cm³/mol. The second kappa shape index (κ2) is 5.99. The van der Waals surface area contributed by atoms with Crippen LogP contribution in [0, 0.1) is 0 Å². The highest BCUT2D eigenvalue weighted by Crippen LogP contribution is 2.24. The van der Waals surface area contributed by atoms with Crippen molar-refractivity contribution in [2.45, 2.75) is 32.8 Å². The van der Waals surface area contributed by atoms with Gasteiger partial charge in [0.25, 0.3) is 0 Å². The molecular weight excluding hydrogens is 212 g/mol. The molecule has 0 saturated heterocycles. The Balaban J connectivity index is 2.77. The third-order valence-electron chi connectivity index (χ3n) is 2.15. The fourth-order valence-corrected chi connectivity index (χ4v) is 1.60. The van der Waals surface area contributed by atoms with Crippen molar-refractivity contribution >= 4 is 11.6 Å². The summed E-state index contributed by atoms with van der Waals surface area (Å²) >= 11 is 5.91. The lowest BCUT2D eigenvalue weighted by Gasteiger charge is -2.11. The smallest absolute Gasteiger partial charge is 0.122 e. The summed E-state index contributed by atoms with van der Waals surface area (Å²) in [6, 6.07) is 5.59. The minimum atomic E-state index is -0.293. The van der Waals surface area contributed by atoms with Crippen LogP contribution in [0.5, 0.6) is 5.75 Å². The molecule has 0 spiro atoms. The van der Waals surface area contributed by atoms with Crippen LogP contribution in [-0.4, -0.2) is 17.8 Å². The number of ether oxygens (including phenoxy) is 1. The zero-order valence-electron chi connectivity index (χ0n) is 9.16. The van der Waals surface area contributed by atoms with Crippen molar-refractivity contribution in [1.29, 1.82) is 0 Å². The van der Waals surface area contributed by atoms with E-state index in [1.54, 1.807) is 6.92 Å². The number of hydrogen-bond donors (Lipinski definition) is 1. The number of hydrogen-bond acceptors (Lipinski definition) is 2. The molecule has 1 aromatic rings. The number of aliphatic hydroxyl groups is 1. The summed E-state index contributed by atoms with van der Waals surface area (Å²) in [7, 11) is 0. The maximum atomic E-state index is 9.23. The topological polar surface area (TPSA) is 29.5 Å². The largest absolute Gasteiger partial charge is 0.494 e.